The Bertz CT molecular complexity index is 3800. The Kier molecular flexibility index (Phi) is 22.7. The van der Waals surface area contributed by atoms with E-state index in [-0.39, 0.29) is 0 Å². The van der Waals surface area contributed by atoms with Crippen molar-refractivity contribution in [3.8, 4) is 0 Å². The zero-order valence-electron chi connectivity index (χ0n) is 60.3. The highest BCUT2D eigenvalue weighted by molar-refractivity contribution is 7.21. The van der Waals surface area contributed by atoms with E-state index in [4.69, 9.17) is 0 Å². The number of hydrogen-bond donors (Lipinski definition) is 0. The molecule has 10 aromatic carbocycles. The Morgan fingerprint density at radius 2 is 0.323 bits per heavy atom. The fraction of sp³-hybridized carbons (Fsp3) is 0.600. The Balaban J connectivity index is 1.32. The molecule has 0 aliphatic rings. The molecule has 13 rings (SSSR count). The van der Waals surface area contributed by atoms with Crippen LogP contribution < -0.4 is 0 Å². The largest absolute Gasteiger partial charge is 0.142 e. The summed E-state index contributed by atoms with van der Waals surface area (Å²) >= 11 is 6.61. The number of rotatable bonds is 45. The molecule has 0 aliphatic heterocycles. The average molecular weight is 1300 g/mol. The van der Waals surface area contributed by atoms with E-state index in [1.54, 1.807) is 161 Å². The SMILES string of the molecule is CCCCCCc1c(CCCCCC)c2c3csc4c5c(CCCCCC)c(CCCCCC)c(CCCCCC)c6c7csc8c9c(CCCCCC)c(CCCCCC)c(CCCCCC)c%10c%11csc%12c(c1CCCCCC)c2c1c(c34)c(c65)c(c78)c(c%109)c1c%11%12. The smallest absolute Gasteiger partial charge is 0.0437 e. The van der Waals surface area contributed by atoms with Gasteiger partial charge in [-0.15, -0.1) is 34.0 Å². The molecule has 93 heavy (non-hydrogen) atoms. The van der Waals surface area contributed by atoms with Gasteiger partial charge in [0, 0.05) is 111 Å². The molecule has 0 unspecified atom stereocenters. The van der Waals surface area contributed by atoms with Crippen LogP contribution in [-0.2, 0) is 57.8 Å². The van der Waals surface area contributed by atoms with Gasteiger partial charge in [0.15, 0.2) is 0 Å². The van der Waals surface area contributed by atoms with Crippen molar-refractivity contribution in [2.24, 2.45) is 0 Å². The minimum absolute atomic E-state index is 1.22. The first-order valence-electron chi connectivity index (χ1n) is 40.2. The summed E-state index contributed by atoms with van der Waals surface area (Å²) in [6.07, 6.45) is 58.4. The van der Waals surface area contributed by atoms with Gasteiger partial charge < -0.3 is 0 Å². The first kappa shape index (κ1) is 67.5. The van der Waals surface area contributed by atoms with Gasteiger partial charge in [0.25, 0.3) is 0 Å². The zero-order valence-corrected chi connectivity index (χ0v) is 62.7. The molecule has 0 bridgehead atoms. The highest BCUT2D eigenvalue weighted by Gasteiger charge is 2.38. The van der Waals surface area contributed by atoms with Crippen LogP contribution >= 0.6 is 34.0 Å². The molecule has 0 atom stereocenters. The van der Waals surface area contributed by atoms with Crippen LogP contribution in [0.4, 0.5) is 0 Å². The van der Waals surface area contributed by atoms with Crippen LogP contribution in [-0.4, -0.2) is 0 Å². The summed E-state index contributed by atoms with van der Waals surface area (Å²) in [5.74, 6) is 0. The molecule has 0 N–H and O–H groups in total. The molecule has 0 saturated carbocycles. The van der Waals surface area contributed by atoms with Crippen molar-refractivity contribution in [1.29, 1.82) is 0 Å². The monoisotopic (exact) mass is 1300 g/mol. The number of thiophene rings is 3. The van der Waals surface area contributed by atoms with Gasteiger partial charge >= 0.3 is 0 Å². The molecule has 0 fully saturated rings. The summed E-state index contributed by atoms with van der Waals surface area (Å²) in [7, 11) is 0. The third kappa shape index (κ3) is 12.0. The summed E-state index contributed by atoms with van der Waals surface area (Å²) in [6, 6.07) is 0. The molecule has 0 radical (unpaired) electrons. The molecule has 0 nitrogen and oxygen atoms in total. The van der Waals surface area contributed by atoms with Crippen molar-refractivity contribution in [3.63, 3.8) is 0 Å². The fourth-order valence-corrected chi connectivity index (χ4v) is 22.8. The maximum Gasteiger partial charge on any atom is 0.0437 e. The maximum atomic E-state index is 2.81. The summed E-state index contributed by atoms with van der Waals surface area (Å²) < 4.78 is 4.98. The third-order valence-corrected chi connectivity index (χ3v) is 26.9. The second-order valence-corrected chi connectivity index (χ2v) is 32.9. The zero-order chi connectivity index (χ0) is 64.1. The molecule has 13 aromatic rings. The first-order valence-corrected chi connectivity index (χ1v) is 42.9. The Morgan fingerprint density at radius 3 is 0.516 bits per heavy atom. The van der Waals surface area contributed by atoms with E-state index in [1.807, 2.05) is 16.7 Å². The lowest BCUT2D eigenvalue weighted by Gasteiger charge is -2.31. The summed E-state index contributed by atoms with van der Waals surface area (Å²) in [5, 5.41) is 44.0. The molecule has 0 aliphatic carbocycles. The van der Waals surface area contributed by atoms with Crippen LogP contribution in [0.15, 0.2) is 16.1 Å². The molecule has 0 saturated heterocycles. The van der Waals surface area contributed by atoms with Gasteiger partial charge in [-0.05, 0) is 198 Å². The minimum atomic E-state index is 1.22. The summed E-state index contributed by atoms with van der Waals surface area (Å²) in [4.78, 5) is 0. The molecule has 0 amide bonds. The van der Waals surface area contributed by atoms with Gasteiger partial charge in [0.05, 0.1) is 0 Å². The lowest BCUT2D eigenvalue weighted by molar-refractivity contribution is 0.642. The van der Waals surface area contributed by atoms with Crippen molar-refractivity contribution in [2.75, 3.05) is 0 Å². The van der Waals surface area contributed by atoms with Gasteiger partial charge in [-0.2, -0.15) is 0 Å². The van der Waals surface area contributed by atoms with E-state index >= 15 is 0 Å². The van der Waals surface area contributed by atoms with Gasteiger partial charge in [0.1, 0.15) is 0 Å². The van der Waals surface area contributed by atoms with Gasteiger partial charge in [-0.3, -0.25) is 0 Å². The van der Waals surface area contributed by atoms with Crippen LogP contribution in [0.25, 0.3) is 127 Å². The van der Waals surface area contributed by atoms with E-state index in [0.29, 0.717) is 0 Å². The molecular weight excluding hydrogens is 1180 g/mol. The second-order valence-electron chi connectivity index (χ2n) is 30.3. The van der Waals surface area contributed by atoms with Crippen LogP contribution in [0.1, 0.15) is 344 Å². The van der Waals surface area contributed by atoms with Crippen LogP contribution in [0.2, 0.25) is 0 Å². The highest BCUT2D eigenvalue weighted by Crippen LogP contribution is 2.65. The predicted octanol–water partition coefficient (Wildman–Crippen LogP) is 31.4. The summed E-state index contributed by atoms with van der Waals surface area (Å²) in [6.45, 7) is 21.8. The van der Waals surface area contributed by atoms with Gasteiger partial charge in [-0.1, -0.05) is 236 Å². The predicted molar refractivity (Wildman–Crippen MR) is 428 cm³/mol. The van der Waals surface area contributed by atoms with E-state index in [9.17, 15) is 0 Å². The van der Waals surface area contributed by atoms with E-state index in [0.717, 1.165) is 0 Å². The fourth-order valence-electron chi connectivity index (χ4n) is 19.4. The quantitative estimate of drug-likeness (QED) is 0.0203. The van der Waals surface area contributed by atoms with Gasteiger partial charge in [0.2, 0.25) is 0 Å². The molecule has 3 heteroatoms. The van der Waals surface area contributed by atoms with Crippen molar-refractivity contribution >= 4 is 161 Å². The molecule has 3 heterocycles. The van der Waals surface area contributed by atoms with E-state index in [1.165, 1.54) is 289 Å². The van der Waals surface area contributed by atoms with Crippen molar-refractivity contribution in [1.82, 2.24) is 0 Å². The number of unbranched alkanes of at least 4 members (excludes halogenated alkanes) is 27. The maximum absolute atomic E-state index is 2.81. The molecular formula is C90H120S3. The van der Waals surface area contributed by atoms with Crippen molar-refractivity contribution in [2.45, 2.75) is 351 Å². The molecule has 3 aromatic heterocycles. The Morgan fingerprint density at radius 1 is 0.161 bits per heavy atom. The lowest BCUT2D eigenvalue weighted by Crippen LogP contribution is -2.09. The first-order chi connectivity index (χ1) is 46.0. The Hall–Kier alpha value is -4.02. The standard InChI is InChI=1S/C90H120S3/c1-10-19-28-37-46-58-61(49-40-31-22-13-4)70-67-55-92-89-74-65(53-44-35-26-17-8)60(48-39-30-21-12-3)63(51-42-33-24-15-6)72-69-57-93-90-75-66(54-45-36-27-18-9)59(47-38-29-20-11-2)62(50-41-32-23-14-5)71-68-56-91-88-73(64(58)52-43-34-25-16-7)79(70)85-82(76(67)89)86(81(72)74)84(78(69)90)87(80(71)75)83(85)77(68)88/h55-57H,10-54H2,1-9H3. The van der Waals surface area contributed by atoms with Crippen molar-refractivity contribution < 1.29 is 0 Å². The minimum Gasteiger partial charge on any atom is -0.142 e. The van der Waals surface area contributed by atoms with E-state index < -0.39 is 0 Å². The Labute approximate surface area is 574 Å². The summed E-state index contributed by atoms with van der Waals surface area (Å²) in [5.41, 5.74) is 16.2. The topological polar surface area (TPSA) is 0 Å². The molecule has 0 spiro atoms. The van der Waals surface area contributed by atoms with Crippen molar-refractivity contribution in [3.05, 3.63) is 66.2 Å². The van der Waals surface area contributed by atoms with Gasteiger partial charge in [-0.25, -0.2) is 0 Å². The normalized spacial score (nSPS) is 13.0. The lowest BCUT2D eigenvalue weighted by atomic mass is 9.71. The third-order valence-electron chi connectivity index (χ3n) is 23.9. The second kappa shape index (κ2) is 31.2. The van der Waals surface area contributed by atoms with Crippen LogP contribution in [0.3, 0.4) is 0 Å². The number of hydrogen-bond acceptors (Lipinski definition) is 3. The molecule has 498 valence electrons. The number of aryl methyl sites for hydroxylation is 6. The van der Waals surface area contributed by atoms with Crippen LogP contribution in [0.5, 0.6) is 0 Å². The highest BCUT2D eigenvalue weighted by atomic mass is 32.1. The number of benzene rings is 10. The number of fused-ring (bicyclic) bond motifs is 6. The average Bonchev–Trinajstić information content (AvgIpc) is 1.63. The van der Waals surface area contributed by atoms with E-state index in [2.05, 4.69) is 112 Å². The van der Waals surface area contributed by atoms with Crippen LogP contribution in [0, 0.1) is 0 Å².